The molecule has 1 amide bonds. The number of rotatable bonds is 8. The fourth-order valence-electron chi connectivity index (χ4n) is 5.51. The Bertz CT molecular complexity index is 1800. The number of nitrogens with zero attached hydrogens (tertiary/aromatic N) is 3. The number of likely N-dealkylation sites (tertiary alicyclic amines) is 1. The Kier molecular flexibility index (Phi) is 7.47. The molecule has 3 aromatic heterocycles. The van der Waals surface area contributed by atoms with E-state index < -0.39 is 11.3 Å². The molecular weight excluding hydrogens is 527 g/mol. The number of hydrogen-bond acceptors (Lipinski definition) is 7. The molecule has 1 fully saturated rings. The minimum Gasteiger partial charge on any atom is -0.412 e. The molecule has 0 saturated carbocycles. The van der Waals surface area contributed by atoms with Crippen LogP contribution >= 0.6 is 0 Å². The van der Waals surface area contributed by atoms with Crippen LogP contribution in [0.25, 0.3) is 22.2 Å². The maximum absolute atomic E-state index is 13.2. The summed E-state index contributed by atoms with van der Waals surface area (Å²) >= 11 is 0. The van der Waals surface area contributed by atoms with Crippen LogP contribution in [0.3, 0.4) is 0 Å². The molecule has 4 heterocycles. The fraction of sp³-hybridized carbons (Fsp3) is 0.290. The lowest BCUT2D eigenvalue weighted by Crippen LogP contribution is -2.36. The molecular formula is C31H29FN4O5. The van der Waals surface area contributed by atoms with Gasteiger partial charge < -0.3 is 23.6 Å². The number of nitrogens with one attached hydrogen (secondary N) is 1. The number of carbonyl (C=O) groups is 1. The third-order valence-corrected chi connectivity index (χ3v) is 7.64. The Morgan fingerprint density at radius 2 is 1.73 bits per heavy atom. The van der Waals surface area contributed by atoms with E-state index in [1.807, 2.05) is 47.0 Å². The van der Waals surface area contributed by atoms with Crippen molar-refractivity contribution in [1.29, 1.82) is 0 Å². The molecule has 1 aliphatic rings. The van der Waals surface area contributed by atoms with Gasteiger partial charge in [0, 0.05) is 37.3 Å². The molecule has 0 aliphatic carbocycles. The van der Waals surface area contributed by atoms with E-state index in [9.17, 15) is 18.8 Å². The zero-order chi connectivity index (χ0) is 28.3. The molecule has 210 valence electrons. The van der Waals surface area contributed by atoms with Crippen molar-refractivity contribution in [2.45, 2.75) is 38.3 Å². The van der Waals surface area contributed by atoms with E-state index in [0.29, 0.717) is 11.9 Å². The molecule has 1 N–H and O–H groups in total. The van der Waals surface area contributed by atoms with Crippen molar-refractivity contribution < 1.29 is 18.0 Å². The number of pyridine rings is 1. The van der Waals surface area contributed by atoms with E-state index in [1.54, 1.807) is 12.3 Å². The van der Waals surface area contributed by atoms with Crippen molar-refractivity contribution in [2.75, 3.05) is 19.6 Å². The van der Waals surface area contributed by atoms with Gasteiger partial charge in [-0.25, -0.2) is 14.0 Å². The summed E-state index contributed by atoms with van der Waals surface area (Å²) < 4.78 is 26.1. The number of halogens is 1. The van der Waals surface area contributed by atoms with Gasteiger partial charge in [0.25, 0.3) is 0 Å². The van der Waals surface area contributed by atoms with Gasteiger partial charge in [0.15, 0.2) is 0 Å². The monoisotopic (exact) mass is 556 g/mol. The zero-order valence-corrected chi connectivity index (χ0v) is 22.3. The smallest absolute Gasteiger partial charge is 0.412 e. The standard InChI is InChI=1S/C31H29FN4O5/c32-22-7-4-20(5-8-22)10-14-35-15-11-24(12-16-35)36-26-17-21(18-27(37)34-19-23-3-1-2-13-33-23)6-9-25(26)28-29(36)41-31(39)30(38)40-28/h1-9,13,17,24H,10-12,14-16,18-19H2,(H,34,37). The normalized spacial score (nSPS) is 14.6. The minimum atomic E-state index is -1.05. The van der Waals surface area contributed by atoms with Crippen LogP contribution < -0.4 is 16.6 Å². The molecule has 0 spiro atoms. The van der Waals surface area contributed by atoms with Gasteiger partial charge in [-0.2, -0.15) is 0 Å². The molecule has 9 nitrogen and oxygen atoms in total. The van der Waals surface area contributed by atoms with Gasteiger partial charge in [0.05, 0.1) is 24.2 Å². The number of fused-ring (bicyclic) bond motifs is 3. The summed E-state index contributed by atoms with van der Waals surface area (Å²) in [6.45, 7) is 2.83. The van der Waals surface area contributed by atoms with Crippen molar-refractivity contribution >= 4 is 28.1 Å². The summed E-state index contributed by atoms with van der Waals surface area (Å²) in [6, 6.07) is 17.6. The van der Waals surface area contributed by atoms with Crippen LogP contribution in [0.5, 0.6) is 0 Å². The lowest BCUT2D eigenvalue weighted by atomic mass is 10.0. The topological polar surface area (TPSA) is 111 Å². The molecule has 1 aliphatic heterocycles. The van der Waals surface area contributed by atoms with Gasteiger partial charge >= 0.3 is 11.3 Å². The van der Waals surface area contributed by atoms with Crippen molar-refractivity contribution in [2.24, 2.45) is 0 Å². The highest BCUT2D eigenvalue weighted by Gasteiger charge is 2.27. The first-order valence-corrected chi connectivity index (χ1v) is 13.7. The molecule has 1 saturated heterocycles. The van der Waals surface area contributed by atoms with Gasteiger partial charge in [-0.05, 0) is 66.8 Å². The first kappa shape index (κ1) is 26.6. The maximum Gasteiger partial charge on any atom is 0.424 e. The van der Waals surface area contributed by atoms with Crippen molar-refractivity contribution in [3.05, 3.63) is 110 Å². The quantitative estimate of drug-likeness (QED) is 0.288. The Labute approximate surface area is 234 Å². The molecule has 0 atom stereocenters. The molecule has 10 heteroatoms. The third-order valence-electron chi connectivity index (χ3n) is 7.64. The van der Waals surface area contributed by atoms with Crippen LogP contribution in [0.2, 0.25) is 0 Å². The average molecular weight is 557 g/mol. The molecule has 6 rings (SSSR count). The van der Waals surface area contributed by atoms with Crippen molar-refractivity contribution in [3.63, 3.8) is 0 Å². The van der Waals surface area contributed by atoms with Crippen LogP contribution in [0, 0.1) is 5.82 Å². The highest BCUT2D eigenvalue weighted by Crippen LogP contribution is 2.35. The molecule has 0 bridgehead atoms. The van der Waals surface area contributed by atoms with Gasteiger partial charge in [-0.1, -0.05) is 24.3 Å². The zero-order valence-electron chi connectivity index (χ0n) is 22.3. The Hall–Kier alpha value is -4.57. The van der Waals surface area contributed by atoms with Crippen LogP contribution in [-0.2, 0) is 24.2 Å². The second-order valence-corrected chi connectivity index (χ2v) is 10.4. The van der Waals surface area contributed by atoms with Gasteiger partial charge in [0.1, 0.15) is 5.82 Å². The van der Waals surface area contributed by atoms with Gasteiger partial charge in [-0.15, -0.1) is 0 Å². The molecule has 0 unspecified atom stereocenters. The van der Waals surface area contributed by atoms with Crippen LogP contribution in [0.15, 0.2) is 85.3 Å². The molecule has 5 aromatic rings. The van der Waals surface area contributed by atoms with Crippen molar-refractivity contribution in [1.82, 2.24) is 19.8 Å². The first-order chi connectivity index (χ1) is 19.9. The highest BCUT2D eigenvalue weighted by molar-refractivity contribution is 6.03. The Morgan fingerprint density at radius 1 is 0.976 bits per heavy atom. The number of hydrogen-bond donors (Lipinski definition) is 1. The third kappa shape index (κ3) is 5.83. The number of amides is 1. The largest absolute Gasteiger partial charge is 0.424 e. The number of piperidine rings is 1. The van der Waals surface area contributed by atoms with E-state index in [2.05, 4.69) is 15.2 Å². The predicted octanol–water partition coefficient (Wildman–Crippen LogP) is 3.97. The lowest BCUT2D eigenvalue weighted by molar-refractivity contribution is -0.120. The summed E-state index contributed by atoms with van der Waals surface area (Å²) in [7, 11) is 0. The van der Waals surface area contributed by atoms with Gasteiger partial charge in [-0.3, -0.25) is 9.78 Å². The van der Waals surface area contributed by atoms with Crippen LogP contribution in [0.4, 0.5) is 4.39 Å². The van der Waals surface area contributed by atoms with Crippen LogP contribution in [0.1, 0.15) is 35.7 Å². The number of benzene rings is 2. The molecule has 2 aromatic carbocycles. The van der Waals surface area contributed by atoms with Crippen LogP contribution in [-0.4, -0.2) is 40.0 Å². The summed E-state index contributed by atoms with van der Waals surface area (Å²) in [5, 5.41) is 3.54. The van der Waals surface area contributed by atoms with Gasteiger partial charge in [0.2, 0.25) is 17.2 Å². The summed E-state index contributed by atoms with van der Waals surface area (Å²) in [6.07, 6.45) is 4.24. The lowest BCUT2D eigenvalue weighted by Gasteiger charge is -2.33. The second kappa shape index (κ2) is 11.5. The summed E-state index contributed by atoms with van der Waals surface area (Å²) in [5.41, 5.74) is 1.74. The maximum atomic E-state index is 13.2. The highest BCUT2D eigenvalue weighted by atomic mass is 19.1. The fourth-order valence-corrected chi connectivity index (χ4v) is 5.51. The van der Waals surface area contributed by atoms with E-state index in [-0.39, 0.29) is 35.5 Å². The number of carbonyl (C=O) groups excluding carboxylic acids is 1. The van der Waals surface area contributed by atoms with E-state index in [4.69, 9.17) is 8.83 Å². The molecule has 0 radical (unpaired) electrons. The second-order valence-electron chi connectivity index (χ2n) is 10.4. The first-order valence-electron chi connectivity index (χ1n) is 13.7. The number of aromatic nitrogens is 2. The minimum absolute atomic E-state index is 0.00107. The Morgan fingerprint density at radius 3 is 2.49 bits per heavy atom. The Balaban J connectivity index is 1.22. The molecule has 41 heavy (non-hydrogen) atoms. The summed E-state index contributed by atoms with van der Waals surface area (Å²) in [4.78, 5) is 43.5. The van der Waals surface area contributed by atoms with E-state index in [0.717, 1.165) is 61.2 Å². The predicted molar refractivity (Wildman–Crippen MR) is 151 cm³/mol. The van der Waals surface area contributed by atoms with E-state index in [1.165, 1.54) is 12.1 Å². The summed E-state index contributed by atoms with van der Waals surface area (Å²) in [5.74, 6) is -0.387. The average Bonchev–Trinajstić information content (AvgIpc) is 3.29. The van der Waals surface area contributed by atoms with E-state index >= 15 is 0 Å². The van der Waals surface area contributed by atoms with Crippen molar-refractivity contribution in [3.8, 4) is 0 Å². The SMILES string of the molecule is O=C(Cc1ccc2c3oc(=O)c(=O)oc3n(C3CCN(CCc4ccc(F)cc4)CC3)c2c1)NCc1ccccn1.